The van der Waals surface area contributed by atoms with Crippen molar-refractivity contribution in [3.05, 3.63) is 35.5 Å². The summed E-state index contributed by atoms with van der Waals surface area (Å²) < 4.78 is 6.21. The van der Waals surface area contributed by atoms with Gasteiger partial charge in [0.2, 0.25) is 0 Å². The van der Waals surface area contributed by atoms with Gasteiger partial charge in [-0.25, -0.2) is 4.98 Å². The lowest BCUT2D eigenvalue weighted by molar-refractivity contribution is 0.239. The van der Waals surface area contributed by atoms with E-state index in [1.54, 1.807) is 0 Å². The predicted molar refractivity (Wildman–Crippen MR) is 110 cm³/mol. The van der Waals surface area contributed by atoms with Crippen LogP contribution in [0.4, 0.5) is 0 Å². The molecule has 1 aromatic carbocycles. The zero-order valence-corrected chi connectivity index (χ0v) is 17.4. The molecule has 2 heterocycles. The summed E-state index contributed by atoms with van der Waals surface area (Å²) in [5.41, 5.74) is 3.56. The standard InChI is InChI=1S/C23H34N2O/c1-22(2,3)18-16-20(23(4,5)6)24-21-17(18)10-9-11-19(21)26-15-14-25-12-7-8-13-25/h9-11,16H,7-8,12-15H2,1-6H3. The van der Waals surface area contributed by atoms with Crippen LogP contribution < -0.4 is 4.74 Å². The molecule has 2 aromatic rings. The average Bonchev–Trinajstić information content (AvgIpc) is 3.05. The molecule has 0 aliphatic carbocycles. The van der Waals surface area contributed by atoms with Gasteiger partial charge in [-0.1, -0.05) is 53.7 Å². The molecule has 3 rings (SSSR count). The van der Waals surface area contributed by atoms with Gasteiger partial charge >= 0.3 is 0 Å². The molecule has 3 nitrogen and oxygen atoms in total. The van der Waals surface area contributed by atoms with E-state index in [0.29, 0.717) is 0 Å². The molecule has 0 bridgehead atoms. The first-order chi connectivity index (χ1) is 12.2. The maximum Gasteiger partial charge on any atom is 0.145 e. The molecule has 1 fully saturated rings. The average molecular weight is 355 g/mol. The third-order valence-corrected chi connectivity index (χ3v) is 5.24. The van der Waals surface area contributed by atoms with Crippen molar-refractivity contribution in [2.45, 2.75) is 65.2 Å². The van der Waals surface area contributed by atoms with Crippen molar-refractivity contribution in [1.29, 1.82) is 0 Å². The summed E-state index contributed by atoms with van der Waals surface area (Å²) in [6.45, 7) is 17.6. The summed E-state index contributed by atoms with van der Waals surface area (Å²) in [4.78, 5) is 7.52. The van der Waals surface area contributed by atoms with E-state index in [2.05, 4.69) is 70.7 Å². The number of benzene rings is 1. The van der Waals surface area contributed by atoms with Crippen molar-refractivity contribution in [3.63, 3.8) is 0 Å². The third kappa shape index (κ3) is 4.20. The Labute approximate surface area is 158 Å². The van der Waals surface area contributed by atoms with E-state index in [1.165, 1.54) is 36.9 Å². The van der Waals surface area contributed by atoms with Gasteiger partial charge in [0, 0.05) is 23.0 Å². The van der Waals surface area contributed by atoms with E-state index in [9.17, 15) is 0 Å². The molecule has 142 valence electrons. The van der Waals surface area contributed by atoms with Gasteiger partial charge < -0.3 is 4.74 Å². The van der Waals surface area contributed by atoms with Crippen LogP contribution in [-0.4, -0.2) is 36.1 Å². The molecular formula is C23H34N2O. The van der Waals surface area contributed by atoms with Gasteiger partial charge in [-0.15, -0.1) is 0 Å². The van der Waals surface area contributed by atoms with Crippen molar-refractivity contribution in [1.82, 2.24) is 9.88 Å². The third-order valence-electron chi connectivity index (χ3n) is 5.24. The van der Waals surface area contributed by atoms with Gasteiger partial charge in [-0.05, 0) is 49.0 Å². The second-order valence-corrected chi connectivity index (χ2v) is 9.60. The fraction of sp³-hybridized carbons (Fsp3) is 0.609. The van der Waals surface area contributed by atoms with E-state index in [-0.39, 0.29) is 10.8 Å². The molecule has 0 saturated carbocycles. The molecule has 1 aliphatic heterocycles. The summed E-state index contributed by atoms with van der Waals surface area (Å²) in [7, 11) is 0. The summed E-state index contributed by atoms with van der Waals surface area (Å²) >= 11 is 0. The van der Waals surface area contributed by atoms with Crippen LogP contribution in [-0.2, 0) is 10.8 Å². The van der Waals surface area contributed by atoms with Gasteiger partial charge in [-0.2, -0.15) is 0 Å². The molecule has 0 spiro atoms. The Hall–Kier alpha value is -1.61. The quantitative estimate of drug-likeness (QED) is 0.744. The fourth-order valence-corrected chi connectivity index (χ4v) is 3.63. The van der Waals surface area contributed by atoms with E-state index < -0.39 is 0 Å². The Morgan fingerprint density at radius 1 is 1.00 bits per heavy atom. The highest BCUT2D eigenvalue weighted by Gasteiger charge is 2.24. The smallest absolute Gasteiger partial charge is 0.145 e. The Bertz CT molecular complexity index is 762. The minimum absolute atomic E-state index is 0.0108. The minimum Gasteiger partial charge on any atom is -0.490 e. The Kier molecular flexibility index (Phi) is 5.30. The van der Waals surface area contributed by atoms with Crippen LogP contribution in [0.1, 0.15) is 65.6 Å². The molecule has 26 heavy (non-hydrogen) atoms. The molecule has 0 amide bonds. The maximum atomic E-state index is 6.21. The molecular weight excluding hydrogens is 320 g/mol. The number of hydrogen-bond donors (Lipinski definition) is 0. The largest absolute Gasteiger partial charge is 0.490 e. The number of para-hydroxylation sites is 1. The SMILES string of the molecule is CC(C)(C)c1cc(C(C)(C)C)c2cccc(OCCN3CCCC3)c2n1. The van der Waals surface area contributed by atoms with E-state index in [0.717, 1.165) is 30.1 Å². The van der Waals surface area contributed by atoms with E-state index >= 15 is 0 Å². The Morgan fingerprint density at radius 3 is 2.31 bits per heavy atom. The monoisotopic (exact) mass is 354 g/mol. The topological polar surface area (TPSA) is 25.4 Å². The van der Waals surface area contributed by atoms with Crippen molar-refractivity contribution >= 4 is 10.9 Å². The Morgan fingerprint density at radius 2 is 1.69 bits per heavy atom. The first-order valence-corrected chi connectivity index (χ1v) is 9.96. The second kappa shape index (κ2) is 7.19. The highest BCUT2D eigenvalue weighted by atomic mass is 16.5. The number of hydrogen-bond acceptors (Lipinski definition) is 3. The summed E-state index contributed by atoms with van der Waals surface area (Å²) in [6, 6.07) is 8.64. The molecule has 1 aliphatic rings. The second-order valence-electron chi connectivity index (χ2n) is 9.60. The van der Waals surface area contributed by atoms with Gasteiger partial charge in [0.1, 0.15) is 17.9 Å². The highest BCUT2D eigenvalue weighted by molar-refractivity contribution is 5.88. The van der Waals surface area contributed by atoms with Crippen LogP contribution in [0.15, 0.2) is 24.3 Å². The highest BCUT2D eigenvalue weighted by Crippen LogP contribution is 2.36. The molecule has 0 unspecified atom stereocenters. The van der Waals surface area contributed by atoms with Gasteiger partial charge in [0.25, 0.3) is 0 Å². The van der Waals surface area contributed by atoms with Crippen LogP contribution >= 0.6 is 0 Å². The minimum atomic E-state index is 0.0108. The molecule has 1 aromatic heterocycles. The lowest BCUT2D eigenvalue weighted by atomic mass is 9.81. The predicted octanol–water partition coefficient (Wildman–Crippen LogP) is 5.30. The number of pyridine rings is 1. The maximum absolute atomic E-state index is 6.21. The normalized spacial score (nSPS) is 16.4. The van der Waals surface area contributed by atoms with Gasteiger partial charge in [0.05, 0.1) is 0 Å². The zero-order valence-electron chi connectivity index (χ0n) is 17.4. The van der Waals surface area contributed by atoms with E-state index in [4.69, 9.17) is 9.72 Å². The summed E-state index contributed by atoms with van der Waals surface area (Å²) in [5.74, 6) is 0.915. The van der Waals surface area contributed by atoms with Crippen LogP contribution in [0.25, 0.3) is 10.9 Å². The molecule has 0 atom stereocenters. The van der Waals surface area contributed by atoms with Crippen molar-refractivity contribution < 1.29 is 4.74 Å². The number of ether oxygens (including phenoxy) is 1. The lowest BCUT2D eigenvalue weighted by Gasteiger charge is -2.26. The van der Waals surface area contributed by atoms with Crippen LogP contribution in [0, 0.1) is 0 Å². The summed E-state index contributed by atoms with van der Waals surface area (Å²) in [6.07, 6.45) is 2.64. The van der Waals surface area contributed by atoms with Gasteiger partial charge in [-0.3, -0.25) is 4.90 Å². The van der Waals surface area contributed by atoms with Gasteiger partial charge in [0.15, 0.2) is 0 Å². The number of fused-ring (bicyclic) bond motifs is 1. The van der Waals surface area contributed by atoms with Crippen LogP contribution in [0.5, 0.6) is 5.75 Å². The Balaban J connectivity index is 1.98. The fourth-order valence-electron chi connectivity index (χ4n) is 3.63. The molecule has 3 heteroatoms. The van der Waals surface area contributed by atoms with Crippen molar-refractivity contribution in [2.75, 3.05) is 26.2 Å². The van der Waals surface area contributed by atoms with Crippen LogP contribution in [0.2, 0.25) is 0 Å². The summed E-state index contributed by atoms with van der Waals surface area (Å²) in [5, 5.41) is 1.21. The molecule has 1 saturated heterocycles. The van der Waals surface area contributed by atoms with Crippen molar-refractivity contribution in [2.24, 2.45) is 0 Å². The molecule has 0 N–H and O–H groups in total. The van der Waals surface area contributed by atoms with E-state index in [1.807, 2.05) is 0 Å². The first kappa shape index (κ1) is 19.2. The lowest BCUT2D eigenvalue weighted by Crippen LogP contribution is -2.25. The molecule has 0 radical (unpaired) electrons. The number of rotatable bonds is 4. The van der Waals surface area contributed by atoms with Crippen LogP contribution in [0.3, 0.4) is 0 Å². The van der Waals surface area contributed by atoms with Crippen molar-refractivity contribution in [3.8, 4) is 5.75 Å². The number of likely N-dealkylation sites (tertiary alicyclic amines) is 1. The number of aromatic nitrogens is 1. The zero-order chi connectivity index (χ0) is 18.9. The number of nitrogens with zero attached hydrogens (tertiary/aromatic N) is 2. The first-order valence-electron chi connectivity index (χ1n) is 9.96.